The molecule has 0 atom stereocenters. The van der Waals surface area contributed by atoms with E-state index < -0.39 is 0 Å². The van der Waals surface area contributed by atoms with E-state index in [1.165, 1.54) is 0 Å². The van der Waals surface area contributed by atoms with Crippen LogP contribution in [0, 0.1) is 6.92 Å². The average Bonchev–Trinajstić information content (AvgIpc) is 2.33. The van der Waals surface area contributed by atoms with E-state index in [0.29, 0.717) is 16.9 Å². The number of hydrogen-bond donors (Lipinski definition) is 2. The van der Waals surface area contributed by atoms with E-state index in [1.54, 1.807) is 13.1 Å². The van der Waals surface area contributed by atoms with Gasteiger partial charge < -0.3 is 10.6 Å². The van der Waals surface area contributed by atoms with Gasteiger partial charge in [0.05, 0.1) is 0 Å². The topological polar surface area (TPSA) is 62.7 Å². The second-order valence-electron chi connectivity index (χ2n) is 3.59. The predicted octanol–water partition coefficient (Wildman–Crippen LogP) is 3.27. The zero-order valence-electron chi connectivity index (χ0n) is 9.83. The van der Waals surface area contributed by atoms with Crippen molar-refractivity contribution in [2.75, 3.05) is 17.7 Å². The van der Waals surface area contributed by atoms with Gasteiger partial charge in [-0.25, -0.2) is 0 Å². The zero-order valence-corrected chi connectivity index (χ0v) is 11.3. The number of aromatic nitrogens is 3. The molecule has 2 N–H and O–H groups in total. The van der Waals surface area contributed by atoms with Crippen molar-refractivity contribution in [3.63, 3.8) is 0 Å². The first kappa shape index (κ1) is 12.9. The molecule has 0 aliphatic rings. The molecular weight excluding hydrogens is 273 g/mol. The molecule has 0 fully saturated rings. The molecule has 0 aliphatic carbocycles. The number of hydrogen-bond acceptors (Lipinski definition) is 5. The Bertz CT molecular complexity index is 573. The normalized spacial score (nSPS) is 10.2. The first-order valence-corrected chi connectivity index (χ1v) is 5.96. The van der Waals surface area contributed by atoms with Gasteiger partial charge in [0, 0.05) is 17.8 Å². The van der Waals surface area contributed by atoms with Gasteiger partial charge in [-0.15, -0.1) is 0 Å². The molecule has 18 heavy (non-hydrogen) atoms. The van der Waals surface area contributed by atoms with Crippen LogP contribution in [0.1, 0.15) is 5.56 Å². The number of benzene rings is 1. The molecular formula is C11H11Cl2N5. The molecule has 1 aromatic carbocycles. The third-order valence-corrected chi connectivity index (χ3v) is 2.68. The molecule has 0 unspecified atom stereocenters. The molecule has 0 saturated carbocycles. The summed E-state index contributed by atoms with van der Waals surface area (Å²) in [4.78, 5) is 12.0. The monoisotopic (exact) mass is 283 g/mol. The Balaban J connectivity index is 2.33. The Morgan fingerprint density at radius 3 is 2.50 bits per heavy atom. The average molecular weight is 284 g/mol. The molecule has 2 aromatic rings. The summed E-state index contributed by atoms with van der Waals surface area (Å²) in [6.07, 6.45) is 0. The number of nitrogens with one attached hydrogen (secondary N) is 2. The van der Waals surface area contributed by atoms with Crippen molar-refractivity contribution >= 4 is 40.8 Å². The fraction of sp³-hybridized carbons (Fsp3) is 0.182. The third kappa shape index (κ3) is 3.00. The summed E-state index contributed by atoms with van der Waals surface area (Å²) in [6, 6.07) is 5.53. The Kier molecular flexibility index (Phi) is 3.84. The van der Waals surface area contributed by atoms with Crippen LogP contribution in [-0.4, -0.2) is 22.0 Å². The number of rotatable bonds is 3. The van der Waals surface area contributed by atoms with E-state index in [0.717, 1.165) is 11.3 Å². The summed E-state index contributed by atoms with van der Waals surface area (Å²) >= 11 is 11.7. The summed E-state index contributed by atoms with van der Waals surface area (Å²) in [5.41, 5.74) is 1.86. The molecule has 0 radical (unpaired) electrons. The molecule has 0 bridgehead atoms. The zero-order chi connectivity index (χ0) is 13.1. The second kappa shape index (κ2) is 5.37. The number of nitrogens with zero attached hydrogens (tertiary/aromatic N) is 3. The standard InChI is InChI=1S/C11H11Cl2N5/c1-6-3-4-7(12)5-8(6)15-11-17-9(13)16-10(14-2)18-11/h3-5H,1-2H3,(H2,14,15,16,17,18). The van der Waals surface area contributed by atoms with Crippen molar-refractivity contribution in [3.05, 3.63) is 34.1 Å². The van der Waals surface area contributed by atoms with E-state index in [1.807, 2.05) is 19.1 Å². The Morgan fingerprint density at radius 2 is 1.78 bits per heavy atom. The minimum atomic E-state index is 0.122. The first-order chi connectivity index (χ1) is 8.58. The van der Waals surface area contributed by atoms with Crippen LogP contribution in [0.5, 0.6) is 0 Å². The maximum Gasteiger partial charge on any atom is 0.233 e. The number of halogens is 2. The van der Waals surface area contributed by atoms with Gasteiger partial charge in [-0.3, -0.25) is 0 Å². The fourth-order valence-corrected chi connectivity index (χ4v) is 1.70. The molecule has 1 aromatic heterocycles. The third-order valence-electron chi connectivity index (χ3n) is 2.28. The van der Waals surface area contributed by atoms with Gasteiger partial charge in [-0.1, -0.05) is 17.7 Å². The Morgan fingerprint density at radius 1 is 1.06 bits per heavy atom. The first-order valence-electron chi connectivity index (χ1n) is 5.21. The van der Waals surface area contributed by atoms with Crippen LogP contribution < -0.4 is 10.6 Å². The highest BCUT2D eigenvalue weighted by Crippen LogP contribution is 2.23. The van der Waals surface area contributed by atoms with Gasteiger partial charge in [0.1, 0.15) is 0 Å². The molecule has 0 amide bonds. The smallest absolute Gasteiger partial charge is 0.233 e. The highest BCUT2D eigenvalue weighted by Gasteiger charge is 2.06. The van der Waals surface area contributed by atoms with Crippen LogP contribution in [0.25, 0.3) is 0 Å². The molecule has 0 spiro atoms. The molecule has 1 heterocycles. The largest absolute Gasteiger partial charge is 0.357 e. The van der Waals surface area contributed by atoms with Gasteiger partial charge in [-0.2, -0.15) is 15.0 Å². The molecule has 2 rings (SSSR count). The van der Waals surface area contributed by atoms with Gasteiger partial charge >= 0.3 is 0 Å². The van der Waals surface area contributed by atoms with Crippen molar-refractivity contribution in [2.45, 2.75) is 6.92 Å². The lowest BCUT2D eigenvalue weighted by atomic mass is 10.2. The van der Waals surface area contributed by atoms with Crippen molar-refractivity contribution in [1.29, 1.82) is 0 Å². The summed E-state index contributed by atoms with van der Waals surface area (Å²) in [5.74, 6) is 0.766. The molecule has 7 heteroatoms. The molecule has 0 aliphatic heterocycles. The Hall–Kier alpha value is -1.59. The van der Waals surface area contributed by atoms with Crippen LogP contribution in [0.2, 0.25) is 10.3 Å². The van der Waals surface area contributed by atoms with E-state index >= 15 is 0 Å². The van der Waals surface area contributed by atoms with Crippen LogP contribution in [0.3, 0.4) is 0 Å². The van der Waals surface area contributed by atoms with Gasteiger partial charge in [0.15, 0.2) is 0 Å². The quantitative estimate of drug-likeness (QED) is 0.905. The van der Waals surface area contributed by atoms with E-state index in [2.05, 4.69) is 25.6 Å². The highest BCUT2D eigenvalue weighted by molar-refractivity contribution is 6.31. The van der Waals surface area contributed by atoms with Crippen LogP contribution in [0.15, 0.2) is 18.2 Å². The van der Waals surface area contributed by atoms with Gasteiger partial charge in [-0.05, 0) is 36.2 Å². The van der Waals surface area contributed by atoms with E-state index in [4.69, 9.17) is 23.2 Å². The lowest BCUT2D eigenvalue weighted by Gasteiger charge is -2.09. The summed E-state index contributed by atoms with van der Waals surface area (Å²) in [5, 5.41) is 6.62. The van der Waals surface area contributed by atoms with Crippen molar-refractivity contribution < 1.29 is 0 Å². The van der Waals surface area contributed by atoms with Gasteiger partial charge in [0.2, 0.25) is 17.2 Å². The van der Waals surface area contributed by atoms with Gasteiger partial charge in [0.25, 0.3) is 0 Å². The van der Waals surface area contributed by atoms with Crippen LogP contribution in [-0.2, 0) is 0 Å². The minimum Gasteiger partial charge on any atom is -0.357 e. The number of aryl methyl sites for hydroxylation is 1. The van der Waals surface area contributed by atoms with Crippen LogP contribution >= 0.6 is 23.2 Å². The SMILES string of the molecule is CNc1nc(Cl)nc(Nc2cc(Cl)ccc2C)n1. The Labute approximate surface area is 115 Å². The predicted molar refractivity (Wildman–Crippen MR) is 73.9 cm³/mol. The summed E-state index contributed by atoms with van der Waals surface area (Å²) < 4.78 is 0. The minimum absolute atomic E-state index is 0.122. The maximum absolute atomic E-state index is 5.94. The van der Waals surface area contributed by atoms with Crippen molar-refractivity contribution in [1.82, 2.24) is 15.0 Å². The highest BCUT2D eigenvalue weighted by atomic mass is 35.5. The molecule has 0 saturated heterocycles. The second-order valence-corrected chi connectivity index (χ2v) is 4.36. The summed E-state index contributed by atoms with van der Waals surface area (Å²) in [7, 11) is 1.71. The lowest BCUT2D eigenvalue weighted by Crippen LogP contribution is -2.04. The van der Waals surface area contributed by atoms with E-state index in [-0.39, 0.29) is 5.28 Å². The molecule has 5 nitrogen and oxygen atoms in total. The van der Waals surface area contributed by atoms with Crippen LogP contribution in [0.4, 0.5) is 17.6 Å². The summed E-state index contributed by atoms with van der Waals surface area (Å²) in [6.45, 7) is 1.96. The fourth-order valence-electron chi connectivity index (χ4n) is 1.37. The van der Waals surface area contributed by atoms with Crippen molar-refractivity contribution in [3.8, 4) is 0 Å². The lowest BCUT2D eigenvalue weighted by molar-refractivity contribution is 1.05. The maximum atomic E-state index is 5.94. The van der Waals surface area contributed by atoms with Crippen molar-refractivity contribution in [2.24, 2.45) is 0 Å². The van der Waals surface area contributed by atoms with E-state index in [9.17, 15) is 0 Å². The number of anilines is 3. The molecule has 94 valence electrons.